The van der Waals surface area contributed by atoms with Gasteiger partial charge < -0.3 is 5.11 Å². The lowest BCUT2D eigenvalue weighted by atomic mass is 10.1. The van der Waals surface area contributed by atoms with E-state index in [1.165, 1.54) is 11.8 Å². The molecule has 0 saturated carbocycles. The van der Waals surface area contributed by atoms with Crippen molar-refractivity contribution in [3.63, 3.8) is 0 Å². The Morgan fingerprint density at radius 3 is 2.58 bits per heavy atom. The van der Waals surface area contributed by atoms with Crippen LogP contribution in [0.25, 0.3) is 0 Å². The molecule has 1 unspecified atom stereocenters. The van der Waals surface area contributed by atoms with Crippen molar-refractivity contribution in [1.82, 2.24) is 0 Å². The smallest absolute Gasteiger partial charge is 0.143 e. The molecular formula is C14H11BrClFOS. The molecule has 2 aromatic rings. The molecule has 0 heterocycles. The maximum atomic E-state index is 13.8. The summed E-state index contributed by atoms with van der Waals surface area (Å²) in [5.41, 5.74) is 0.302. The van der Waals surface area contributed by atoms with Gasteiger partial charge in [0.2, 0.25) is 0 Å². The summed E-state index contributed by atoms with van der Waals surface area (Å²) in [6.07, 6.45) is -0.849. The molecule has 100 valence electrons. The molecule has 1 nitrogen and oxygen atoms in total. The van der Waals surface area contributed by atoms with Gasteiger partial charge in [-0.15, -0.1) is 11.8 Å². The van der Waals surface area contributed by atoms with Crippen LogP contribution in [-0.2, 0) is 0 Å². The number of halogens is 3. The molecule has 1 N–H and O–H groups in total. The van der Waals surface area contributed by atoms with E-state index in [4.69, 9.17) is 11.6 Å². The Hall–Kier alpha value is -0.550. The molecule has 0 aliphatic carbocycles. The number of hydrogen-bond donors (Lipinski definition) is 1. The molecule has 2 rings (SSSR count). The molecule has 5 heteroatoms. The highest BCUT2D eigenvalue weighted by Gasteiger charge is 2.14. The first-order valence-corrected chi connectivity index (χ1v) is 7.74. The maximum absolute atomic E-state index is 13.8. The molecule has 1 atom stereocenters. The Kier molecular flexibility index (Phi) is 5.28. The minimum absolute atomic E-state index is 0.302. The number of benzene rings is 2. The summed E-state index contributed by atoms with van der Waals surface area (Å²) in [6.45, 7) is 0. The molecule has 0 fully saturated rings. The summed E-state index contributed by atoms with van der Waals surface area (Å²) in [5, 5.41) is 10.7. The van der Waals surface area contributed by atoms with Gasteiger partial charge in [-0.1, -0.05) is 23.7 Å². The van der Waals surface area contributed by atoms with Gasteiger partial charge >= 0.3 is 0 Å². The Bertz CT molecular complexity index is 562. The maximum Gasteiger partial charge on any atom is 0.143 e. The van der Waals surface area contributed by atoms with E-state index in [9.17, 15) is 9.50 Å². The van der Waals surface area contributed by atoms with Gasteiger partial charge in [0.15, 0.2) is 0 Å². The lowest BCUT2D eigenvalue weighted by Crippen LogP contribution is -2.03. The summed E-state index contributed by atoms with van der Waals surface area (Å²) < 4.78 is 14.2. The molecule has 0 aromatic heterocycles. The summed E-state index contributed by atoms with van der Waals surface area (Å²) in [4.78, 5) is 0.985. The zero-order chi connectivity index (χ0) is 13.8. The third-order valence-electron chi connectivity index (χ3n) is 2.56. The summed E-state index contributed by atoms with van der Waals surface area (Å²) in [5.74, 6) is -0.0265. The fraction of sp³-hybridized carbons (Fsp3) is 0.143. The van der Waals surface area contributed by atoms with E-state index < -0.39 is 11.9 Å². The van der Waals surface area contributed by atoms with Gasteiger partial charge in [-0.25, -0.2) is 4.39 Å². The number of aliphatic hydroxyl groups is 1. The lowest BCUT2D eigenvalue weighted by molar-refractivity contribution is 0.198. The molecule has 0 amide bonds. The second-order valence-electron chi connectivity index (χ2n) is 3.92. The minimum atomic E-state index is -0.849. The van der Waals surface area contributed by atoms with Crippen LogP contribution in [0.1, 0.15) is 11.7 Å². The van der Waals surface area contributed by atoms with Crippen LogP contribution >= 0.6 is 39.3 Å². The molecule has 0 aliphatic heterocycles. The van der Waals surface area contributed by atoms with Crippen LogP contribution in [0, 0.1) is 5.82 Å². The van der Waals surface area contributed by atoms with Gasteiger partial charge in [0.25, 0.3) is 0 Å². The van der Waals surface area contributed by atoms with Gasteiger partial charge in [-0.05, 0) is 46.3 Å². The molecule has 0 spiro atoms. The highest BCUT2D eigenvalue weighted by molar-refractivity contribution is 9.10. The van der Waals surface area contributed by atoms with E-state index >= 15 is 0 Å². The van der Waals surface area contributed by atoms with Crippen LogP contribution in [-0.4, -0.2) is 10.9 Å². The van der Waals surface area contributed by atoms with E-state index in [2.05, 4.69) is 15.9 Å². The topological polar surface area (TPSA) is 20.2 Å². The third kappa shape index (κ3) is 3.96. The van der Waals surface area contributed by atoms with Gasteiger partial charge in [0, 0.05) is 21.2 Å². The van der Waals surface area contributed by atoms with Gasteiger partial charge in [-0.2, -0.15) is 0 Å². The highest BCUT2D eigenvalue weighted by Crippen LogP contribution is 2.29. The monoisotopic (exact) mass is 360 g/mol. The van der Waals surface area contributed by atoms with E-state index in [-0.39, 0.29) is 0 Å². The van der Waals surface area contributed by atoms with Crippen molar-refractivity contribution >= 4 is 39.3 Å². The Balaban J connectivity index is 2.03. The number of aliphatic hydroxyl groups excluding tert-OH is 1. The van der Waals surface area contributed by atoms with Crippen molar-refractivity contribution in [3.05, 3.63) is 63.3 Å². The normalized spacial score (nSPS) is 12.4. The number of hydrogen-bond acceptors (Lipinski definition) is 2. The van der Waals surface area contributed by atoms with Crippen molar-refractivity contribution < 1.29 is 9.50 Å². The van der Waals surface area contributed by atoms with Gasteiger partial charge in [0.1, 0.15) is 5.82 Å². The number of thioether (sulfide) groups is 1. The second-order valence-corrected chi connectivity index (χ2v) is 6.31. The molecular weight excluding hydrogens is 351 g/mol. The average molecular weight is 362 g/mol. The Morgan fingerprint density at radius 1 is 1.21 bits per heavy atom. The van der Waals surface area contributed by atoms with E-state index in [0.29, 0.717) is 20.8 Å². The van der Waals surface area contributed by atoms with E-state index in [0.717, 1.165) is 4.90 Å². The first-order chi connectivity index (χ1) is 9.08. The fourth-order valence-electron chi connectivity index (χ4n) is 1.57. The zero-order valence-electron chi connectivity index (χ0n) is 9.82. The first kappa shape index (κ1) is 14.9. The second kappa shape index (κ2) is 6.75. The van der Waals surface area contributed by atoms with Crippen molar-refractivity contribution in [3.8, 4) is 0 Å². The average Bonchev–Trinajstić information content (AvgIpc) is 2.41. The summed E-state index contributed by atoms with van der Waals surface area (Å²) in [6, 6.07) is 12.2. The predicted molar refractivity (Wildman–Crippen MR) is 81.2 cm³/mol. The van der Waals surface area contributed by atoms with E-state index in [1.54, 1.807) is 30.3 Å². The van der Waals surface area contributed by atoms with Gasteiger partial charge in [0.05, 0.1) is 10.6 Å². The summed E-state index contributed by atoms with van der Waals surface area (Å²) in [7, 11) is 0. The predicted octanol–water partition coefficient (Wildman–Crippen LogP) is 5.07. The molecule has 0 aliphatic rings. The first-order valence-electron chi connectivity index (χ1n) is 5.58. The van der Waals surface area contributed by atoms with Gasteiger partial charge in [-0.3, -0.25) is 0 Å². The van der Waals surface area contributed by atoms with Crippen LogP contribution in [0.15, 0.2) is 51.8 Å². The van der Waals surface area contributed by atoms with Crippen LogP contribution in [0.5, 0.6) is 0 Å². The highest BCUT2D eigenvalue weighted by atomic mass is 79.9. The zero-order valence-corrected chi connectivity index (χ0v) is 13.0. The molecule has 0 bridgehead atoms. The van der Waals surface area contributed by atoms with Crippen molar-refractivity contribution in [2.75, 3.05) is 5.75 Å². The van der Waals surface area contributed by atoms with Crippen molar-refractivity contribution in [1.29, 1.82) is 0 Å². The lowest BCUT2D eigenvalue weighted by Gasteiger charge is -2.12. The van der Waals surface area contributed by atoms with Crippen molar-refractivity contribution in [2.45, 2.75) is 11.0 Å². The fourth-order valence-corrected chi connectivity index (χ4v) is 2.94. The third-order valence-corrected chi connectivity index (χ3v) is 4.51. The molecule has 19 heavy (non-hydrogen) atoms. The minimum Gasteiger partial charge on any atom is -0.387 e. The van der Waals surface area contributed by atoms with Crippen molar-refractivity contribution in [2.24, 2.45) is 0 Å². The number of rotatable bonds is 4. The van der Waals surface area contributed by atoms with Crippen LogP contribution < -0.4 is 0 Å². The SMILES string of the molecule is OC(CSc1ccc(Cl)cc1)c1cccc(Br)c1F. The standard InChI is InChI=1S/C14H11BrClFOS/c15-12-3-1-2-11(14(12)17)13(18)8-19-10-6-4-9(16)5-7-10/h1-7,13,18H,8H2. The molecule has 0 radical (unpaired) electrons. The van der Waals surface area contributed by atoms with E-state index in [1.807, 2.05) is 12.1 Å². The van der Waals surface area contributed by atoms with Crippen LogP contribution in [0.3, 0.4) is 0 Å². The Labute approximate surface area is 128 Å². The largest absolute Gasteiger partial charge is 0.387 e. The van der Waals surface area contributed by atoms with Crippen LogP contribution in [0.4, 0.5) is 4.39 Å². The quantitative estimate of drug-likeness (QED) is 0.767. The molecule has 2 aromatic carbocycles. The van der Waals surface area contributed by atoms with Crippen LogP contribution in [0.2, 0.25) is 5.02 Å². The Morgan fingerprint density at radius 2 is 1.89 bits per heavy atom. The summed E-state index contributed by atoms with van der Waals surface area (Å²) >= 11 is 10.4. The molecule has 0 saturated heterocycles.